The summed E-state index contributed by atoms with van der Waals surface area (Å²) in [5.41, 5.74) is 11.5. The maximum Gasteiger partial charge on any atom is 0.163 e. The van der Waals surface area contributed by atoms with E-state index in [1.807, 2.05) is 31.2 Å². The van der Waals surface area contributed by atoms with Crippen LogP contribution in [0.3, 0.4) is 0 Å². The van der Waals surface area contributed by atoms with Crippen molar-refractivity contribution in [3.8, 4) is 50.7 Å². The van der Waals surface area contributed by atoms with E-state index in [0.717, 1.165) is 60.9 Å². The molecule has 0 N–H and O–H groups in total. The molecule has 3 heterocycles. The molecule has 0 aliphatic heterocycles. The van der Waals surface area contributed by atoms with Gasteiger partial charge in [0.05, 0.1) is 22.1 Å². The van der Waals surface area contributed by atoms with Crippen LogP contribution in [-0.4, -0.2) is 19.5 Å². The van der Waals surface area contributed by atoms with Gasteiger partial charge >= 0.3 is 0 Å². The van der Waals surface area contributed by atoms with Gasteiger partial charge in [-0.25, -0.2) is 15.0 Å². The summed E-state index contributed by atoms with van der Waals surface area (Å²) in [5.74, 6) is 1.91. The van der Waals surface area contributed by atoms with Crippen LogP contribution in [0.5, 0.6) is 0 Å². The van der Waals surface area contributed by atoms with Gasteiger partial charge in [0.15, 0.2) is 11.6 Å². The summed E-state index contributed by atoms with van der Waals surface area (Å²) >= 11 is 0. The molecule has 0 amide bonds. The number of benzene rings is 7. The van der Waals surface area contributed by atoms with Crippen LogP contribution < -0.4 is 0 Å². The minimum atomic E-state index is 0.612. The molecule has 51 heavy (non-hydrogen) atoms. The minimum absolute atomic E-state index is 0.612. The van der Waals surface area contributed by atoms with Crippen molar-refractivity contribution in [1.82, 2.24) is 19.5 Å². The molecular formula is C46H30N4O. The van der Waals surface area contributed by atoms with E-state index in [9.17, 15) is 0 Å². The van der Waals surface area contributed by atoms with E-state index >= 15 is 0 Å². The minimum Gasteiger partial charge on any atom is -0.456 e. The first-order valence-corrected chi connectivity index (χ1v) is 17.1. The smallest absolute Gasteiger partial charge is 0.163 e. The molecule has 10 rings (SSSR count). The maximum absolute atomic E-state index is 6.60. The maximum atomic E-state index is 6.60. The Labute approximate surface area is 294 Å². The van der Waals surface area contributed by atoms with E-state index in [0.29, 0.717) is 17.5 Å². The number of rotatable bonds is 5. The Balaban J connectivity index is 1.12. The molecule has 0 bridgehead atoms. The second-order valence-corrected chi connectivity index (χ2v) is 12.9. The quantitative estimate of drug-likeness (QED) is 0.185. The fourth-order valence-corrected chi connectivity index (χ4v) is 7.38. The van der Waals surface area contributed by atoms with Crippen molar-refractivity contribution < 1.29 is 4.42 Å². The summed E-state index contributed by atoms with van der Waals surface area (Å²) in [4.78, 5) is 14.5. The number of para-hydroxylation sites is 1. The van der Waals surface area contributed by atoms with Crippen LogP contribution in [0, 0.1) is 6.92 Å². The Morgan fingerprint density at radius 2 is 1.00 bits per heavy atom. The Bertz CT molecular complexity index is 2920. The van der Waals surface area contributed by atoms with Gasteiger partial charge in [0.1, 0.15) is 17.0 Å². The third-order valence-electron chi connectivity index (χ3n) is 9.73. The van der Waals surface area contributed by atoms with Gasteiger partial charge in [0.25, 0.3) is 0 Å². The number of aromatic nitrogens is 4. The first kappa shape index (κ1) is 29.1. The molecule has 0 saturated heterocycles. The summed E-state index contributed by atoms with van der Waals surface area (Å²) in [5, 5.41) is 4.54. The third kappa shape index (κ3) is 4.90. The largest absolute Gasteiger partial charge is 0.456 e. The van der Waals surface area contributed by atoms with E-state index in [-0.39, 0.29) is 0 Å². The van der Waals surface area contributed by atoms with Crippen LogP contribution >= 0.6 is 0 Å². The monoisotopic (exact) mass is 654 g/mol. The second-order valence-electron chi connectivity index (χ2n) is 12.9. The molecule has 0 saturated carbocycles. The van der Waals surface area contributed by atoms with Gasteiger partial charge in [-0.1, -0.05) is 121 Å². The van der Waals surface area contributed by atoms with Gasteiger partial charge < -0.3 is 8.98 Å². The number of hydrogen-bond acceptors (Lipinski definition) is 4. The molecule has 0 atom stereocenters. The highest BCUT2D eigenvalue weighted by atomic mass is 16.3. The average Bonchev–Trinajstić information content (AvgIpc) is 3.73. The molecule has 5 nitrogen and oxygen atoms in total. The number of furan rings is 1. The topological polar surface area (TPSA) is 56.7 Å². The summed E-state index contributed by atoms with van der Waals surface area (Å²) in [6, 6.07) is 57.3. The summed E-state index contributed by atoms with van der Waals surface area (Å²) in [6.07, 6.45) is 0. The zero-order valence-electron chi connectivity index (χ0n) is 27.8. The molecule has 240 valence electrons. The zero-order chi connectivity index (χ0) is 33.9. The third-order valence-corrected chi connectivity index (χ3v) is 9.73. The number of nitrogens with zero attached hydrogens (tertiary/aromatic N) is 4. The van der Waals surface area contributed by atoms with E-state index in [4.69, 9.17) is 19.4 Å². The highest BCUT2D eigenvalue weighted by Gasteiger charge is 2.19. The van der Waals surface area contributed by atoms with Crippen molar-refractivity contribution in [3.63, 3.8) is 0 Å². The molecule has 10 aromatic rings. The summed E-state index contributed by atoms with van der Waals surface area (Å²) < 4.78 is 8.98. The molecular weight excluding hydrogens is 625 g/mol. The molecule has 0 radical (unpaired) electrons. The number of aryl methyl sites for hydroxylation is 1. The first-order chi connectivity index (χ1) is 25.2. The van der Waals surface area contributed by atoms with Crippen molar-refractivity contribution in [2.45, 2.75) is 6.92 Å². The highest BCUT2D eigenvalue weighted by Crippen LogP contribution is 2.40. The molecule has 7 aromatic carbocycles. The molecule has 0 aliphatic carbocycles. The Hall–Kier alpha value is -6.85. The van der Waals surface area contributed by atoms with Gasteiger partial charge in [-0.2, -0.15) is 0 Å². The van der Waals surface area contributed by atoms with Crippen molar-refractivity contribution in [2.24, 2.45) is 0 Å². The van der Waals surface area contributed by atoms with Crippen molar-refractivity contribution >= 4 is 43.7 Å². The van der Waals surface area contributed by atoms with Crippen LogP contribution in [0.1, 0.15) is 5.82 Å². The lowest BCUT2D eigenvalue weighted by Gasteiger charge is -2.11. The second kappa shape index (κ2) is 11.6. The van der Waals surface area contributed by atoms with E-state index in [1.165, 1.54) is 21.9 Å². The van der Waals surface area contributed by atoms with Crippen molar-refractivity contribution in [1.29, 1.82) is 0 Å². The fraction of sp³-hybridized carbons (Fsp3) is 0.0217. The van der Waals surface area contributed by atoms with E-state index < -0.39 is 0 Å². The molecule has 3 aromatic heterocycles. The Morgan fingerprint density at radius 3 is 1.78 bits per heavy atom. The van der Waals surface area contributed by atoms with Crippen LogP contribution in [0.15, 0.2) is 168 Å². The average molecular weight is 655 g/mol. The van der Waals surface area contributed by atoms with E-state index in [2.05, 4.69) is 144 Å². The summed E-state index contributed by atoms with van der Waals surface area (Å²) in [7, 11) is 0. The van der Waals surface area contributed by atoms with Crippen LogP contribution in [0.2, 0.25) is 0 Å². The van der Waals surface area contributed by atoms with Crippen molar-refractivity contribution in [2.75, 3.05) is 0 Å². The highest BCUT2D eigenvalue weighted by molar-refractivity contribution is 6.15. The van der Waals surface area contributed by atoms with Crippen LogP contribution in [-0.2, 0) is 0 Å². The van der Waals surface area contributed by atoms with Crippen LogP contribution in [0.25, 0.3) is 94.5 Å². The lowest BCUT2D eigenvalue weighted by Crippen LogP contribution is -1.99. The lowest BCUT2D eigenvalue weighted by atomic mass is 10.0. The van der Waals surface area contributed by atoms with Gasteiger partial charge in [-0.05, 0) is 71.6 Å². The van der Waals surface area contributed by atoms with Gasteiger partial charge in [0, 0.05) is 27.3 Å². The van der Waals surface area contributed by atoms with Gasteiger partial charge in [0.2, 0.25) is 0 Å². The Morgan fingerprint density at radius 1 is 0.412 bits per heavy atom. The fourth-order valence-electron chi connectivity index (χ4n) is 7.38. The molecule has 0 aliphatic rings. The SMILES string of the molecule is Cc1nc(-c2cccc(-c3ccccc3)c2)nc(-c2ccc3c(c2)oc2cccc(-n4c5ccccc5c5ccc(-c6ccccc6)cc54)c23)n1. The first-order valence-electron chi connectivity index (χ1n) is 17.1. The number of hydrogen-bond donors (Lipinski definition) is 0. The van der Waals surface area contributed by atoms with Gasteiger partial charge in [-0.15, -0.1) is 0 Å². The van der Waals surface area contributed by atoms with Gasteiger partial charge in [-0.3, -0.25) is 0 Å². The lowest BCUT2D eigenvalue weighted by molar-refractivity contribution is 0.669. The molecule has 5 heteroatoms. The predicted octanol–water partition coefficient (Wildman–Crippen LogP) is 11.8. The molecule has 0 unspecified atom stereocenters. The molecule has 0 fully saturated rings. The zero-order valence-corrected chi connectivity index (χ0v) is 27.8. The Kier molecular flexibility index (Phi) is 6.64. The van der Waals surface area contributed by atoms with Crippen molar-refractivity contribution in [3.05, 3.63) is 170 Å². The predicted molar refractivity (Wildman–Crippen MR) is 208 cm³/mol. The van der Waals surface area contributed by atoms with Crippen LogP contribution in [0.4, 0.5) is 0 Å². The number of fused-ring (bicyclic) bond motifs is 6. The van der Waals surface area contributed by atoms with E-state index in [1.54, 1.807) is 0 Å². The summed E-state index contributed by atoms with van der Waals surface area (Å²) in [6.45, 7) is 1.91. The normalized spacial score (nSPS) is 11.6. The standard InChI is InChI=1S/C46H30N4O/c1-29-47-45(34-17-10-16-32(26-34)30-12-4-2-5-13-30)49-46(48-29)35-23-25-38-43(28-35)51-42-21-11-20-40(44(38)42)50-39-19-9-8-18-36(39)37-24-22-33(27-41(37)50)31-14-6-3-7-15-31/h2-28H,1H3. The molecule has 0 spiro atoms.